The van der Waals surface area contributed by atoms with Gasteiger partial charge in [-0.1, -0.05) is 26.0 Å². The topological polar surface area (TPSA) is 66.5 Å². The smallest absolute Gasteiger partial charge is 0.243 e. The molecule has 1 saturated heterocycles. The zero-order chi connectivity index (χ0) is 17.6. The van der Waals surface area contributed by atoms with E-state index in [2.05, 4.69) is 19.2 Å². The standard InChI is InChI=1S/C18H28N2O3S/c1-15(2)11-12-19-18(21)10-7-16-5-8-17(9-6-16)24(22,23)20-13-3-4-14-20/h5-6,8-9,15H,3-4,7,10-14H2,1-2H3,(H,19,21). The van der Waals surface area contributed by atoms with Gasteiger partial charge in [0.1, 0.15) is 0 Å². The number of hydrogen-bond acceptors (Lipinski definition) is 3. The summed E-state index contributed by atoms with van der Waals surface area (Å²) in [6, 6.07) is 6.92. The lowest BCUT2D eigenvalue weighted by Gasteiger charge is -2.15. The van der Waals surface area contributed by atoms with E-state index >= 15 is 0 Å². The van der Waals surface area contributed by atoms with Crippen molar-refractivity contribution < 1.29 is 13.2 Å². The molecule has 0 aromatic heterocycles. The van der Waals surface area contributed by atoms with Gasteiger partial charge >= 0.3 is 0 Å². The van der Waals surface area contributed by atoms with Gasteiger partial charge in [-0.05, 0) is 49.3 Å². The first kappa shape index (κ1) is 18.9. The van der Waals surface area contributed by atoms with Crippen molar-refractivity contribution in [2.45, 2.75) is 50.8 Å². The van der Waals surface area contributed by atoms with E-state index in [0.717, 1.165) is 24.8 Å². The van der Waals surface area contributed by atoms with Crippen LogP contribution < -0.4 is 5.32 Å². The molecule has 134 valence electrons. The third-order valence-electron chi connectivity index (χ3n) is 4.31. The lowest BCUT2D eigenvalue weighted by atomic mass is 10.1. The van der Waals surface area contributed by atoms with Gasteiger partial charge in [-0.15, -0.1) is 0 Å². The number of hydrogen-bond donors (Lipinski definition) is 1. The normalized spacial score (nSPS) is 15.8. The van der Waals surface area contributed by atoms with E-state index in [4.69, 9.17) is 0 Å². The van der Waals surface area contributed by atoms with E-state index in [9.17, 15) is 13.2 Å². The minimum Gasteiger partial charge on any atom is -0.356 e. The van der Waals surface area contributed by atoms with Crippen LogP contribution in [-0.2, 0) is 21.2 Å². The highest BCUT2D eigenvalue weighted by Gasteiger charge is 2.26. The minimum absolute atomic E-state index is 0.0458. The molecule has 1 aliphatic heterocycles. The molecule has 0 spiro atoms. The predicted octanol–water partition coefficient (Wildman–Crippen LogP) is 2.57. The van der Waals surface area contributed by atoms with E-state index in [1.165, 1.54) is 0 Å². The molecular formula is C18H28N2O3S. The predicted molar refractivity (Wildman–Crippen MR) is 95.2 cm³/mol. The first-order valence-corrected chi connectivity index (χ1v) is 10.2. The van der Waals surface area contributed by atoms with Crippen LogP contribution >= 0.6 is 0 Å². The Bertz CT molecular complexity index is 633. The number of nitrogens with zero attached hydrogens (tertiary/aromatic N) is 1. The molecule has 2 rings (SSSR count). The maximum atomic E-state index is 12.4. The highest BCUT2D eigenvalue weighted by Crippen LogP contribution is 2.21. The molecular weight excluding hydrogens is 324 g/mol. The van der Waals surface area contributed by atoms with Gasteiger partial charge in [-0.25, -0.2) is 8.42 Å². The molecule has 5 nitrogen and oxygen atoms in total. The molecule has 1 aromatic carbocycles. The highest BCUT2D eigenvalue weighted by atomic mass is 32.2. The lowest BCUT2D eigenvalue weighted by molar-refractivity contribution is -0.121. The Morgan fingerprint density at radius 1 is 1.17 bits per heavy atom. The zero-order valence-electron chi connectivity index (χ0n) is 14.6. The van der Waals surface area contributed by atoms with E-state index in [-0.39, 0.29) is 5.91 Å². The van der Waals surface area contributed by atoms with Crippen molar-refractivity contribution >= 4 is 15.9 Å². The molecule has 1 amide bonds. The monoisotopic (exact) mass is 352 g/mol. The maximum absolute atomic E-state index is 12.4. The fourth-order valence-electron chi connectivity index (χ4n) is 2.75. The van der Waals surface area contributed by atoms with Gasteiger partial charge in [0.05, 0.1) is 4.90 Å². The quantitative estimate of drug-likeness (QED) is 0.782. The van der Waals surface area contributed by atoms with Crippen LogP contribution in [0.5, 0.6) is 0 Å². The van der Waals surface area contributed by atoms with Crippen LogP contribution in [0.25, 0.3) is 0 Å². The molecule has 0 radical (unpaired) electrons. The summed E-state index contributed by atoms with van der Waals surface area (Å²) < 4.78 is 26.4. The Kier molecular flexibility index (Phi) is 6.80. The van der Waals surface area contributed by atoms with Gasteiger partial charge in [-0.3, -0.25) is 4.79 Å². The van der Waals surface area contributed by atoms with Crippen LogP contribution in [0.2, 0.25) is 0 Å². The summed E-state index contributed by atoms with van der Waals surface area (Å²) in [5, 5.41) is 2.92. The Hall–Kier alpha value is -1.40. The largest absolute Gasteiger partial charge is 0.356 e. The molecule has 0 aliphatic carbocycles. The van der Waals surface area contributed by atoms with Gasteiger partial charge in [0.25, 0.3) is 0 Å². The molecule has 24 heavy (non-hydrogen) atoms. The van der Waals surface area contributed by atoms with Crippen molar-refractivity contribution in [2.24, 2.45) is 5.92 Å². The van der Waals surface area contributed by atoms with Crippen molar-refractivity contribution in [2.75, 3.05) is 19.6 Å². The third-order valence-corrected chi connectivity index (χ3v) is 6.22. The Morgan fingerprint density at radius 3 is 2.38 bits per heavy atom. The summed E-state index contributed by atoms with van der Waals surface area (Å²) in [4.78, 5) is 12.1. The van der Waals surface area contributed by atoms with E-state index < -0.39 is 10.0 Å². The highest BCUT2D eigenvalue weighted by molar-refractivity contribution is 7.89. The second kappa shape index (κ2) is 8.62. The van der Waals surface area contributed by atoms with Crippen molar-refractivity contribution in [3.8, 4) is 0 Å². The molecule has 0 unspecified atom stereocenters. The Balaban J connectivity index is 1.85. The summed E-state index contributed by atoms with van der Waals surface area (Å²) in [6.07, 6.45) is 3.90. The summed E-state index contributed by atoms with van der Waals surface area (Å²) in [7, 11) is -3.35. The molecule has 6 heteroatoms. The van der Waals surface area contributed by atoms with Gasteiger partial charge in [-0.2, -0.15) is 4.31 Å². The van der Waals surface area contributed by atoms with Crippen LogP contribution in [0, 0.1) is 5.92 Å². The van der Waals surface area contributed by atoms with Gasteiger partial charge in [0.15, 0.2) is 0 Å². The molecule has 0 bridgehead atoms. The van der Waals surface area contributed by atoms with Gasteiger partial charge in [0, 0.05) is 26.1 Å². The van der Waals surface area contributed by atoms with Crippen molar-refractivity contribution in [1.29, 1.82) is 0 Å². The number of carbonyl (C=O) groups is 1. The van der Waals surface area contributed by atoms with Crippen LogP contribution in [0.3, 0.4) is 0 Å². The SMILES string of the molecule is CC(C)CCNC(=O)CCc1ccc(S(=O)(=O)N2CCCC2)cc1. The Morgan fingerprint density at radius 2 is 1.79 bits per heavy atom. The van der Waals surface area contributed by atoms with Crippen molar-refractivity contribution in [3.05, 3.63) is 29.8 Å². The molecule has 1 heterocycles. The van der Waals surface area contributed by atoms with E-state index in [1.54, 1.807) is 16.4 Å². The van der Waals surface area contributed by atoms with E-state index in [1.807, 2.05) is 12.1 Å². The molecule has 1 N–H and O–H groups in total. The molecule has 1 aliphatic rings. The fourth-order valence-corrected chi connectivity index (χ4v) is 4.27. The van der Waals surface area contributed by atoms with Gasteiger partial charge in [0.2, 0.25) is 15.9 Å². The molecule has 0 saturated carbocycles. The average molecular weight is 353 g/mol. The number of aryl methyl sites for hydroxylation is 1. The summed E-state index contributed by atoms with van der Waals surface area (Å²) in [5.74, 6) is 0.625. The summed E-state index contributed by atoms with van der Waals surface area (Å²) in [5.41, 5.74) is 0.981. The van der Waals surface area contributed by atoms with Gasteiger partial charge < -0.3 is 5.32 Å². The first-order chi connectivity index (χ1) is 11.4. The number of nitrogens with one attached hydrogen (secondary N) is 1. The van der Waals surface area contributed by atoms with E-state index in [0.29, 0.717) is 43.3 Å². The number of carbonyl (C=O) groups excluding carboxylic acids is 1. The minimum atomic E-state index is -3.35. The zero-order valence-corrected chi connectivity index (χ0v) is 15.4. The number of sulfonamides is 1. The summed E-state index contributed by atoms with van der Waals surface area (Å²) >= 11 is 0. The molecule has 0 atom stereocenters. The second-order valence-corrected chi connectivity index (χ2v) is 8.73. The van der Waals surface area contributed by atoms with Crippen molar-refractivity contribution in [3.63, 3.8) is 0 Å². The lowest BCUT2D eigenvalue weighted by Crippen LogP contribution is -2.27. The van der Waals surface area contributed by atoms with Crippen LogP contribution in [0.1, 0.15) is 45.1 Å². The molecule has 1 aromatic rings. The Labute approximate surface area is 145 Å². The average Bonchev–Trinajstić information content (AvgIpc) is 3.08. The number of rotatable bonds is 8. The van der Waals surface area contributed by atoms with Crippen molar-refractivity contribution in [1.82, 2.24) is 9.62 Å². The first-order valence-electron chi connectivity index (χ1n) is 8.75. The van der Waals surface area contributed by atoms with Crippen LogP contribution in [0.4, 0.5) is 0 Å². The maximum Gasteiger partial charge on any atom is 0.243 e. The molecule has 1 fully saturated rings. The summed E-state index contributed by atoms with van der Waals surface area (Å²) in [6.45, 7) is 6.19. The number of benzene rings is 1. The third kappa shape index (κ3) is 5.31. The van der Waals surface area contributed by atoms with Crippen LogP contribution in [0.15, 0.2) is 29.2 Å². The fraction of sp³-hybridized carbons (Fsp3) is 0.611. The second-order valence-electron chi connectivity index (χ2n) is 6.79. The van der Waals surface area contributed by atoms with Crippen LogP contribution in [-0.4, -0.2) is 38.3 Å². The number of amides is 1.